The van der Waals surface area contributed by atoms with Crippen LogP contribution in [0.25, 0.3) is 0 Å². The van der Waals surface area contributed by atoms with Gasteiger partial charge in [-0.25, -0.2) is 4.79 Å². The zero-order valence-corrected chi connectivity index (χ0v) is 14.0. The van der Waals surface area contributed by atoms with Gasteiger partial charge in [-0.05, 0) is 55.7 Å². The molecule has 0 heterocycles. The van der Waals surface area contributed by atoms with Gasteiger partial charge in [0.1, 0.15) is 6.61 Å². The van der Waals surface area contributed by atoms with E-state index in [-0.39, 0.29) is 17.2 Å². The first-order valence-electron chi connectivity index (χ1n) is 7.72. The van der Waals surface area contributed by atoms with Gasteiger partial charge >= 0.3 is 5.97 Å². The van der Waals surface area contributed by atoms with E-state index >= 15 is 0 Å². The van der Waals surface area contributed by atoms with Crippen molar-refractivity contribution >= 4 is 11.8 Å². The molecule has 0 fully saturated rings. The molecule has 0 spiro atoms. The molecule has 0 aromatic rings. The van der Waals surface area contributed by atoms with Gasteiger partial charge in [-0.15, -0.1) is 0 Å². The predicted octanol–water partition coefficient (Wildman–Crippen LogP) is 4.31. The Bertz CT molecular complexity index is 531. The summed E-state index contributed by atoms with van der Waals surface area (Å²) in [4.78, 5) is 23.4. The van der Waals surface area contributed by atoms with Crippen LogP contribution in [0.15, 0.2) is 47.6 Å². The largest absolute Gasteiger partial charge is 0.458 e. The normalized spacial score (nSPS) is 25.5. The van der Waals surface area contributed by atoms with Crippen LogP contribution < -0.4 is 0 Å². The Morgan fingerprint density at radius 1 is 1.36 bits per heavy atom. The Kier molecular flexibility index (Phi) is 7.03. The summed E-state index contributed by atoms with van der Waals surface area (Å²) in [5.74, 6) is -0.255. The lowest BCUT2D eigenvalue weighted by molar-refractivity contribution is -0.136. The zero-order chi connectivity index (χ0) is 16.6. The van der Waals surface area contributed by atoms with E-state index < -0.39 is 0 Å². The number of ether oxygens (including phenoxy) is 1. The van der Waals surface area contributed by atoms with Gasteiger partial charge in [0.2, 0.25) is 0 Å². The van der Waals surface area contributed by atoms with Crippen molar-refractivity contribution in [3.05, 3.63) is 47.6 Å². The van der Waals surface area contributed by atoms with Gasteiger partial charge in [-0.1, -0.05) is 38.2 Å². The molecule has 22 heavy (non-hydrogen) atoms. The lowest BCUT2D eigenvalue weighted by Gasteiger charge is -2.18. The standard InChI is InChI=1S/C19H26O3/c1-5-7-18(21)22-14-16-9-6-8-15(2)17(20)11-13-19(3,4)12-10-16/h5,7-8,10-11,13H,6,9,12,14H2,1-4H3/b7-5+,13-11+,15-8+,16-10-. The quantitative estimate of drug-likeness (QED) is 0.443. The smallest absolute Gasteiger partial charge is 0.330 e. The highest BCUT2D eigenvalue weighted by Crippen LogP contribution is 2.25. The molecule has 0 saturated heterocycles. The first-order valence-corrected chi connectivity index (χ1v) is 7.72. The maximum atomic E-state index is 12.0. The van der Waals surface area contributed by atoms with Crippen LogP contribution in [0.2, 0.25) is 0 Å². The summed E-state index contributed by atoms with van der Waals surface area (Å²) in [6.07, 6.45) is 13.2. The van der Waals surface area contributed by atoms with Crippen molar-refractivity contribution in [1.82, 2.24) is 0 Å². The summed E-state index contributed by atoms with van der Waals surface area (Å²) in [6, 6.07) is 0. The number of carbonyl (C=O) groups excluding carboxylic acids is 2. The third-order valence-electron chi connectivity index (χ3n) is 3.61. The van der Waals surface area contributed by atoms with Gasteiger partial charge in [0, 0.05) is 6.08 Å². The van der Waals surface area contributed by atoms with Crippen LogP contribution in [0.3, 0.4) is 0 Å². The Hall–Kier alpha value is -1.90. The summed E-state index contributed by atoms with van der Waals surface area (Å²) in [5, 5.41) is 0. The number of hydrogen-bond acceptors (Lipinski definition) is 3. The molecule has 120 valence electrons. The van der Waals surface area contributed by atoms with E-state index in [9.17, 15) is 9.59 Å². The van der Waals surface area contributed by atoms with Crippen molar-refractivity contribution in [3.63, 3.8) is 0 Å². The van der Waals surface area contributed by atoms with Crippen LogP contribution in [0, 0.1) is 5.41 Å². The monoisotopic (exact) mass is 302 g/mol. The molecule has 0 N–H and O–H groups in total. The van der Waals surface area contributed by atoms with E-state index in [1.54, 1.807) is 19.1 Å². The molecule has 0 amide bonds. The van der Waals surface area contributed by atoms with Crippen molar-refractivity contribution < 1.29 is 14.3 Å². The van der Waals surface area contributed by atoms with Crippen LogP contribution in [-0.4, -0.2) is 18.4 Å². The summed E-state index contributed by atoms with van der Waals surface area (Å²) in [7, 11) is 0. The molecule has 0 saturated carbocycles. The fraction of sp³-hybridized carbons (Fsp3) is 0.474. The number of rotatable bonds is 3. The maximum Gasteiger partial charge on any atom is 0.330 e. The van der Waals surface area contributed by atoms with Crippen LogP contribution >= 0.6 is 0 Å². The molecule has 0 atom stereocenters. The summed E-state index contributed by atoms with van der Waals surface area (Å²) in [5.41, 5.74) is 1.76. The first-order chi connectivity index (χ1) is 10.3. The lowest BCUT2D eigenvalue weighted by atomic mass is 9.87. The summed E-state index contributed by atoms with van der Waals surface area (Å²) in [6.45, 7) is 8.12. The third-order valence-corrected chi connectivity index (χ3v) is 3.61. The molecule has 0 aromatic carbocycles. The van der Waals surface area contributed by atoms with Crippen molar-refractivity contribution in [3.8, 4) is 0 Å². The third kappa shape index (κ3) is 6.70. The number of hydrogen-bond donors (Lipinski definition) is 0. The van der Waals surface area contributed by atoms with Crippen molar-refractivity contribution in [2.45, 2.75) is 47.0 Å². The minimum atomic E-state index is -0.321. The fourth-order valence-electron chi connectivity index (χ4n) is 2.06. The Morgan fingerprint density at radius 2 is 2.09 bits per heavy atom. The van der Waals surface area contributed by atoms with Crippen molar-refractivity contribution in [2.24, 2.45) is 5.41 Å². The molecule has 0 unspecified atom stereocenters. The minimum Gasteiger partial charge on any atom is -0.458 e. The number of ketones is 1. The Balaban J connectivity index is 2.85. The van der Waals surface area contributed by atoms with E-state index in [0.29, 0.717) is 6.61 Å². The average molecular weight is 302 g/mol. The molecule has 0 radical (unpaired) electrons. The number of carbonyl (C=O) groups is 2. The first kappa shape index (κ1) is 18.1. The highest BCUT2D eigenvalue weighted by Gasteiger charge is 2.15. The molecular formula is C19H26O3. The van der Waals surface area contributed by atoms with Crippen LogP contribution in [0.1, 0.15) is 47.0 Å². The maximum absolute atomic E-state index is 12.0. The average Bonchev–Trinajstić information content (AvgIpc) is 2.48. The predicted molar refractivity (Wildman–Crippen MR) is 89.4 cm³/mol. The second-order valence-electron chi connectivity index (χ2n) is 6.29. The number of esters is 1. The van der Waals surface area contributed by atoms with Crippen LogP contribution in [0.4, 0.5) is 0 Å². The minimum absolute atomic E-state index is 0.0658. The van der Waals surface area contributed by atoms with Gasteiger partial charge in [0.15, 0.2) is 5.78 Å². The molecule has 0 aromatic heterocycles. The fourth-order valence-corrected chi connectivity index (χ4v) is 2.06. The molecule has 3 heteroatoms. The van der Waals surface area contributed by atoms with Crippen molar-refractivity contribution in [1.29, 1.82) is 0 Å². The molecule has 1 aliphatic carbocycles. The molecule has 0 aliphatic heterocycles. The molecule has 3 nitrogen and oxygen atoms in total. The molecule has 0 bridgehead atoms. The van der Waals surface area contributed by atoms with E-state index in [0.717, 1.165) is 30.4 Å². The zero-order valence-electron chi connectivity index (χ0n) is 14.0. The van der Waals surface area contributed by atoms with Crippen LogP contribution in [-0.2, 0) is 14.3 Å². The van der Waals surface area contributed by atoms with Gasteiger partial charge in [0.05, 0.1) is 0 Å². The SMILES string of the molecule is C/C=C/C(=O)OC/C1=C\CC(C)(C)/C=C/C(=O)/C(C)=C/CC1. The highest BCUT2D eigenvalue weighted by molar-refractivity contribution is 6.03. The summed E-state index contributed by atoms with van der Waals surface area (Å²) >= 11 is 0. The Morgan fingerprint density at radius 3 is 2.77 bits per heavy atom. The molecule has 1 rings (SSSR count). The van der Waals surface area contributed by atoms with Crippen LogP contribution in [0.5, 0.6) is 0 Å². The van der Waals surface area contributed by atoms with Gasteiger partial charge in [-0.3, -0.25) is 4.79 Å². The lowest BCUT2D eigenvalue weighted by Crippen LogP contribution is -2.09. The second-order valence-corrected chi connectivity index (χ2v) is 6.29. The van der Waals surface area contributed by atoms with Gasteiger partial charge < -0.3 is 4.74 Å². The van der Waals surface area contributed by atoms with E-state index in [1.807, 2.05) is 19.1 Å². The topological polar surface area (TPSA) is 43.4 Å². The Labute approximate surface area is 133 Å². The van der Waals surface area contributed by atoms with Crippen molar-refractivity contribution in [2.75, 3.05) is 6.61 Å². The van der Waals surface area contributed by atoms with Gasteiger partial charge in [-0.2, -0.15) is 0 Å². The number of allylic oxidation sites excluding steroid dienone is 6. The highest BCUT2D eigenvalue weighted by atomic mass is 16.5. The van der Waals surface area contributed by atoms with E-state index in [2.05, 4.69) is 19.9 Å². The summed E-state index contributed by atoms with van der Waals surface area (Å²) < 4.78 is 5.24. The molecule has 1 aliphatic rings. The second kappa shape index (κ2) is 8.52. The van der Waals surface area contributed by atoms with E-state index in [1.165, 1.54) is 6.08 Å². The molecular weight excluding hydrogens is 276 g/mol. The van der Waals surface area contributed by atoms with Gasteiger partial charge in [0.25, 0.3) is 0 Å². The van der Waals surface area contributed by atoms with E-state index in [4.69, 9.17) is 4.74 Å².